The van der Waals surface area contributed by atoms with Gasteiger partial charge in [0.1, 0.15) is 9.88 Å². The van der Waals surface area contributed by atoms with Crippen molar-refractivity contribution in [2.45, 2.75) is 33.8 Å². The molecule has 2 aromatic rings. The van der Waals surface area contributed by atoms with Crippen molar-refractivity contribution in [3.05, 3.63) is 37.9 Å². The fraction of sp³-hybridized carbons (Fsp3) is 0.375. The molecule has 11 nitrogen and oxygen atoms in total. The van der Waals surface area contributed by atoms with Crippen LogP contribution >= 0.6 is 11.3 Å². The van der Waals surface area contributed by atoms with Crippen LogP contribution in [0.25, 0.3) is 0 Å². The Kier molecular flexibility index (Phi) is 6.46. The van der Waals surface area contributed by atoms with Crippen LogP contribution in [0.1, 0.15) is 56.9 Å². The molecular weight excluding hydrogens is 392 g/mol. The second-order valence-corrected chi connectivity index (χ2v) is 6.81. The van der Waals surface area contributed by atoms with Gasteiger partial charge in [0.2, 0.25) is 0 Å². The minimum atomic E-state index is -0.792. The minimum absolute atomic E-state index is 0.0140. The first kappa shape index (κ1) is 21.0. The molecule has 2 rings (SSSR count). The molecular formula is C16H18N4O7S. The Morgan fingerprint density at radius 2 is 2.04 bits per heavy atom. The van der Waals surface area contributed by atoms with E-state index in [9.17, 15) is 24.5 Å². The molecule has 0 aromatic carbocycles. The number of nitrogens with one attached hydrogen (secondary N) is 2. The van der Waals surface area contributed by atoms with Crippen LogP contribution in [0.5, 0.6) is 0 Å². The van der Waals surface area contributed by atoms with E-state index in [0.29, 0.717) is 5.56 Å². The molecule has 0 spiro atoms. The molecule has 0 unspecified atom stereocenters. The first-order valence-corrected chi connectivity index (χ1v) is 8.99. The van der Waals surface area contributed by atoms with Gasteiger partial charge in [0.05, 0.1) is 24.3 Å². The SMILES string of the molecule is CCOC(=O)c1sc(NC(=O)c2cc([N+](=O)[O-])[nH]n2)c(C(=O)OC(C)C)c1C. The van der Waals surface area contributed by atoms with Crippen LogP contribution in [0.2, 0.25) is 0 Å². The molecule has 1 amide bonds. The number of aromatic nitrogens is 2. The van der Waals surface area contributed by atoms with E-state index in [1.165, 1.54) is 6.92 Å². The zero-order valence-electron chi connectivity index (χ0n) is 15.5. The summed E-state index contributed by atoms with van der Waals surface area (Å²) < 4.78 is 10.2. The summed E-state index contributed by atoms with van der Waals surface area (Å²) in [4.78, 5) is 47.1. The number of H-pyrrole nitrogens is 1. The maximum atomic E-state index is 12.5. The predicted octanol–water partition coefficient (Wildman–Crippen LogP) is 2.68. The van der Waals surface area contributed by atoms with E-state index >= 15 is 0 Å². The molecule has 0 saturated carbocycles. The highest BCUT2D eigenvalue weighted by Crippen LogP contribution is 2.35. The maximum absolute atomic E-state index is 12.5. The van der Waals surface area contributed by atoms with Crippen LogP contribution in [0, 0.1) is 17.0 Å². The Labute approximate surface area is 163 Å². The number of carbonyl (C=O) groups is 3. The van der Waals surface area contributed by atoms with E-state index in [4.69, 9.17) is 9.47 Å². The van der Waals surface area contributed by atoms with E-state index in [1.807, 2.05) is 0 Å². The van der Waals surface area contributed by atoms with Gasteiger partial charge < -0.3 is 24.9 Å². The average Bonchev–Trinajstić information content (AvgIpc) is 3.19. The minimum Gasteiger partial charge on any atom is -0.462 e. The van der Waals surface area contributed by atoms with Gasteiger partial charge in [-0.05, 0) is 38.2 Å². The first-order valence-electron chi connectivity index (χ1n) is 8.18. The fourth-order valence-corrected chi connectivity index (χ4v) is 3.28. The molecule has 0 saturated heterocycles. The lowest BCUT2D eigenvalue weighted by molar-refractivity contribution is -0.389. The van der Waals surface area contributed by atoms with Gasteiger partial charge in [0.15, 0.2) is 5.69 Å². The first-order chi connectivity index (χ1) is 13.1. The lowest BCUT2D eigenvalue weighted by Gasteiger charge is -2.09. The highest BCUT2D eigenvalue weighted by Gasteiger charge is 2.29. The fourth-order valence-electron chi connectivity index (χ4n) is 2.20. The summed E-state index contributed by atoms with van der Waals surface area (Å²) in [6, 6.07) is 0.953. The molecule has 0 bridgehead atoms. The number of amides is 1. The van der Waals surface area contributed by atoms with Gasteiger partial charge in [-0.25, -0.2) is 9.59 Å². The molecule has 0 radical (unpaired) electrons. The van der Waals surface area contributed by atoms with Gasteiger partial charge in [-0.15, -0.1) is 16.4 Å². The van der Waals surface area contributed by atoms with Crippen molar-refractivity contribution >= 4 is 40.0 Å². The zero-order chi connectivity index (χ0) is 21.0. The molecule has 2 N–H and O–H groups in total. The van der Waals surface area contributed by atoms with Crippen LogP contribution in [-0.2, 0) is 9.47 Å². The van der Waals surface area contributed by atoms with E-state index in [-0.39, 0.29) is 27.7 Å². The monoisotopic (exact) mass is 410 g/mol. The maximum Gasteiger partial charge on any atom is 0.348 e. The molecule has 2 aromatic heterocycles. The Balaban J connectivity index is 2.41. The molecule has 150 valence electrons. The Morgan fingerprint density at radius 3 is 2.57 bits per heavy atom. The number of ether oxygens (including phenoxy) is 2. The zero-order valence-corrected chi connectivity index (χ0v) is 16.3. The standard InChI is InChI=1S/C16H18N4O7S/c1-5-26-16(23)12-8(4)11(15(22)27-7(2)3)14(28-12)17-13(21)9-6-10(19-18-9)20(24)25/h6-7H,5H2,1-4H3,(H,17,21)(H,18,19). The van der Waals surface area contributed by atoms with Gasteiger partial charge in [-0.1, -0.05) is 5.10 Å². The van der Waals surface area contributed by atoms with Crippen molar-refractivity contribution in [2.75, 3.05) is 11.9 Å². The Bertz CT molecular complexity index is 932. The number of anilines is 1. The number of nitrogens with zero attached hydrogens (tertiary/aromatic N) is 2. The van der Waals surface area contributed by atoms with Crippen molar-refractivity contribution in [1.29, 1.82) is 0 Å². The Morgan fingerprint density at radius 1 is 1.36 bits per heavy atom. The van der Waals surface area contributed by atoms with E-state index in [1.54, 1.807) is 20.8 Å². The number of thiophene rings is 1. The number of carbonyl (C=O) groups excluding carboxylic acids is 3. The van der Waals surface area contributed by atoms with Gasteiger partial charge in [-0.3, -0.25) is 4.79 Å². The largest absolute Gasteiger partial charge is 0.462 e. The van der Waals surface area contributed by atoms with Crippen LogP contribution in [0.15, 0.2) is 6.07 Å². The highest BCUT2D eigenvalue weighted by molar-refractivity contribution is 7.18. The van der Waals surface area contributed by atoms with Crippen molar-refractivity contribution < 1.29 is 28.8 Å². The van der Waals surface area contributed by atoms with Crippen LogP contribution in [0.4, 0.5) is 10.8 Å². The van der Waals surface area contributed by atoms with E-state index in [0.717, 1.165) is 17.4 Å². The number of aromatic amines is 1. The number of hydrogen-bond donors (Lipinski definition) is 2. The van der Waals surface area contributed by atoms with Crippen molar-refractivity contribution in [1.82, 2.24) is 10.2 Å². The topological polar surface area (TPSA) is 154 Å². The Hall–Kier alpha value is -3.28. The lowest BCUT2D eigenvalue weighted by Crippen LogP contribution is -2.17. The number of nitro groups is 1. The predicted molar refractivity (Wildman–Crippen MR) is 98.8 cm³/mol. The highest BCUT2D eigenvalue weighted by atomic mass is 32.1. The van der Waals surface area contributed by atoms with Crippen LogP contribution in [-0.4, -0.2) is 45.7 Å². The molecule has 12 heteroatoms. The molecule has 0 aliphatic heterocycles. The van der Waals surface area contributed by atoms with E-state index in [2.05, 4.69) is 15.5 Å². The third-order valence-corrected chi connectivity index (χ3v) is 4.56. The summed E-state index contributed by atoms with van der Waals surface area (Å²) in [5.74, 6) is -2.61. The van der Waals surface area contributed by atoms with Gasteiger partial charge in [0, 0.05) is 0 Å². The van der Waals surface area contributed by atoms with E-state index < -0.39 is 34.7 Å². The molecule has 28 heavy (non-hydrogen) atoms. The summed E-state index contributed by atoms with van der Waals surface area (Å²) in [7, 11) is 0. The molecule has 0 fully saturated rings. The van der Waals surface area contributed by atoms with Gasteiger partial charge in [-0.2, -0.15) is 0 Å². The smallest absolute Gasteiger partial charge is 0.348 e. The summed E-state index contributed by atoms with van der Waals surface area (Å²) >= 11 is 0.847. The summed E-state index contributed by atoms with van der Waals surface area (Å²) in [5, 5.41) is 18.9. The van der Waals surface area contributed by atoms with Crippen LogP contribution < -0.4 is 5.32 Å². The third-order valence-electron chi connectivity index (χ3n) is 3.38. The summed E-state index contributed by atoms with van der Waals surface area (Å²) in [6.45, 7) is 6.64. The third kappa shape index (κ3) is 4.52. The number of esters is 2. The van der Waals surface area contributed by atoms with Crippen LogP contribution in [0.3, 0.4) is 0 Å². The van der Waals surface area contributed by atoms with Crippen molar-refractivity contribution in [3.63, 3.8) is 0 Å². The van der Waals surface area contributed by atoms with Gasteiger partial charge >= 0.3 is 17.8 Å². The number of rotatable bonds is 7. The number of hydrogen-bond acceptors (Lipinski definition) is 9. The quantitative estimate of drug-likeness (QED) is 0.401. The lowest BCUT2D eigenvalue weighted by atomic mass is 10.1. The van der Waals surface area contributed by atoms with Gasteiger partial charge in [0.25, 0.3) is 5.91 Å². The second kappa shape index (κ2) is 8.61. The van der Waals surface area contributed by atoms with Crippen molar-refractivity contribution in [3.8, 4) is 0 Å². The summed E-state index contributed by atoms with van der Waals surface area (Å²) in [6.07, 6.45) is -0.421. The second-order valence-electron chi connectivity index (χ2n) is 5.78. The molecule has 0 aliphatic carbocycles. The molecule has 2 heterocycles. The molecule has 0 aliphatic rings. The molecule has 0 atom stereocenters. The normalized spacial score (nSPS) is 10.6. The average molecular weight is 410 g/mol. The summed E-state index contributed by atoms with van der Waals surface area (Å²) in [5.41, 5.74) is 0.0659. The van der Waals surface area contributed by atoms with Crippen molar-refractivity contribution in [2.24, 2.45) is 0 Å².